The Bertz CT molecular complexity index is 280. The fraction of sp³-hybridized carbons (Fsp3) is 0.727. The second-order valence-electron chi connectivity index (χ2n) is 4.22. The van der Waals surface area contributed by atoms with Crippen molar-refractivity contribution in [1.82, 2.24) is 0 Å². The summed E-state index contributed by atoms with van der Waals surface area (Å²) in [5.74, 6) is 0.391. The third-order valence-electron chi connectivity index (χ3n) is 3.30. The first-order valence-electron chi connectivity index (χ1n) is 5.28. The minimum absolute atomic E-state index is 0.154. The van der Waals surface area contributed by atoms with Gasteiger partial charge in [-0.3, -0.25) is 9.00 Å². The van der Waals surface area contributed by atoms with Crippen molar-refractivity contribution in [3.63, 3.8) is 0 Å². The molecule has 2 aliphatic heterocycles. The van der Waals surface area contributed by atoms with E-state index >= 15 is 0 Å². The second kappa shape index (κ2) is 3.97. The molecule has 2 bridgehead atoms. The Kier molecular flexibility index (Phi) is 2.86. The average Bonchev–Trinajstić information content (AvgIpc) is 2.42. The Hall–Kier alpha value is -0.440. The largest absolute Gasteiger partial charge is 0.295 e. The lowest BCUT2D eigenvalue weighted by molar-refractivity contribution is -0.118. The van der Waals surface area contributed by atoms with Crippen LogP contribution in [0.2, 0.25) is 0 Å². The first-order valence-corrected chi connectivity index (χ1v) is 6.56. The Balaban J connectivity index is 2.06. The van der Waals surface area contributed by atoms with E-state index in [4.69, 9.17) is 0 Å². The van der Waals surface area contributed by atoms with E-state index in [0.717, 1.165) is 25.7 Å². The smallest absolute Gasteiger partial charge is 0.158 e. The van der Waals surface area contributed by atoms with Gasteiger partial charge in [-0.15, -0.1) is 0 Å². The van der Waals surface area contributed by atoms with E-state index in [-0.39, 0.29) is 11.7 Å². The van der Waals surface area contributed by atoms with Crippen LogP contribution in [0.5, 0.6) is 0 Å². The van der Waals surface area contributed by atoms with Crippen molar-refractivity contribution in [3.8, 4) is 0 Å². The number of rotatable bonds is 2. The molecular weight excluding hydrogens is 196 g/mol. The zero-order valence-electron chi connectivity index (χ0n) is 8.44. The Labute approximate surface area is 87.2 Å². The van der Waals surface area contributed by atoms with E-state index in [2.05, 4.69) is 0 Å². The minimum atomic E-state index is -0.636. The molecule has 0 aromatic carbocycles. The normalized spacial score (nSPS) is 41.8. The van der Waals surface area contributed by atoms with Crippen molar-refractivity contribution < 1.29 is 9.00 Å². The Morgan fingerprint density at radius 3 is 2.36 bits per heavy atom. The van der Waals surface area contributed by atoms with Gasteiger partial charge in [-0.25, -0.2) is 0 Å². The van der Waals surface area contributed by atoms with Crippen LogP contribution < -0.4 is 0 Å². The SMILES string of the molecule is C/C=C\C(=O)C1CC2CCC(C1)S2=O. The topological polar surface area (TPSA) is 34.1 Å². The number of ketones is 1. The quantitative estimate of drug-likeness (QED) is 0.654. The lowest BCUT2D eigenvalue weighted by atomic mass is 9.94. The predicted molar refractivity (Wildman–Crippen MR) is 57.5 cm³/mol. The fourth-order valence-electron chi connectivity index (χ4n) is 2.57. The summed E-state index contributed by atoms with van der Waals surface area (Å²) in [5.41, 5.74) is 0. The average molecular weight is 212 g/mol. The number of hydrogen-bond donors (Lipinski definition) is 0. The molecule has 0 amide bonds. The zero-order chi connectivity index (χ0) is 10.1. The summed E-state index contributed by atoms with van der Waals surface area (Å²) in [6.07, 6.45) is 7.31. The summed E-state index contributed by atoms with van der Waals surface area (Å²) in [6.45, 7) is 1.87. The van der Waals surface area contributed by atoms with Crippen LogP contribution in [0.1, 0.15) is 32.6 Å². The van der Waals surface area contributed by atoms with Crippen LogP contribution in [-0.4, -0.2) is 20.5 Å². The van der Waals surface area contributed by atoms with Gasteiger partial charge in [-0.1, -0.05) is 6.08 Å². The van der Waals surface area contributed by atoms with Gasteiger partial charge in [0.25, 0.3) is 0 Å². The maximum absolute atomic E-state index is 11.7. The lowest BCUT2D eigenvalue weighted by Crippen LogP contribution is -2.31. The van der Waals surface area contributed by atoms with Crippen LogP contribution >= 0.6 is 0 Å². The predicted octanol–water partition coefficient (Wildman–Crippen LogP) is 1.82. The molecule has 0 N–H and O–H groups in total. The van der Waals surface area contributed by atoms with Crippen LogP contribution in [0.4, 0.5) is 0 Å². The molecule has 78 valence electrons. The van der Waals surface area contributed by atoms with E-state index in [1.165, 1.54) is 0 Å². The third-order valence-corrected chi connectivity index (χ3v) is 5.47. The van der Waals surface area contributed by atoms with Gasteiger partial charge in [0.2, 0.25) is 0 Å². The highest BCUT2D eigenvalue weighted by Gasteiger charge is 2.41. The molecule has 0 spiro atoms. The van der Waals surface area contributed by atoms with Crippen LogP contribution in [0.3, 0.4) is 0 Å². The molecule has 2 rings (SSSR count). The van der Waals surface area contributed by atoms with E-state index in [1.807, 2.05) is 6.92 Å². The van der Waals surface area contributed by atoms with E-state index in [0.29, 0.717) is 10.5 Å². The lowest BCUT2D eigenvalue weighted by Gasteiger charge is -2.25. The molecule has 0 aromatic heterocycles. The molecule has 2 atom stereocenters. The summed E-state index contributed by atoms with van der Waals surface area (Å²) < 4.78 is 11.7. The van der Waals surface area contributed by atoms with Gasteiger partial charge < -0.3 is 0 Å². The first kappa shape index (κ1) is 10.1. The van der Waals surface area contributed by atoms with Crippen LogP contribution in [0, 0.1) is 5.92 Å². The maximum Gasteiger partial charge on any atom is 0.158 e. The summed E-state index contributed by atoms with van der Waals surface area (Å²) in [6, 6.07) is 0. The molecule has 0 aliphatic carbocycles. The van der Waals surface area contributed by atoms with Crippen molar-refractivity contribution in [1.29, 1.82) is 0 Å². The van der Waals surface area contributed by atoms with Gasteiger partial charge in [0.15, 0.2) is 5.78 Å². The molecule has 0 saturated carbocycles. The summed E-state index contributed by atoms with van der Waals surface area (Å²) in [5, 5.41) is 0.626. The van der Waals surface area contributed by atoms with E-state index in [1.54, 1.807) is 12.2 Å². The molecule has 2 aliphatic rings. The van der Waals surface area contributed by atoms with E-state index in [9.17, 15) is 9.00 Å². The molecule has 2 saturated heterocycles. The molecule has 2 nitrogen and oxygen atoms in total. The van der Waals surface area contributed by atoms with Crippen molar-refractivity contribution in [2.75, 3.05) is 0 Å². The zero-order valence-corrected chi connectivity index (χ0v) is 9.26. The van der Waals surface area contributed by atoms with E-state index < -0.39 is 10.8 Å². The monoisotopic (exact) mass is 212 g/mol. The molecule has 14 heavy (non-hydrogen) atoms. The third kappa shape index (κ3) is 1.70. The first-order chi connectivity index (χ1) is 6.72. The number of allylic oxidation sites excluding steroid dienone is 2. The van der Waals surface area contributed by atoms with Crippen LogP contribution in [0.15, 0.2) is 12.2 Å². The van der Waals surface area contributed by atoms with Crippen LogP contribution in [0.25, 0.3) is 0 Å². The summed E-state index contributed by atoms with van der Waals surface area (Å²) >= 11 is 0. The number of fused-ring (bicyclic) bond motifs is 2. The number of hydrogen-bond acceptors (Lipinski definition) is 2. The maximum atomic E-state index is 11.7. The van der Waals surface area contributed by atoms with Crippen molar-refractivity contribution in [2.24, 2.45) is 5.92 Å². The van der Waals surface area contributed by atoms with Crippen molar-refractivity contribution >= 4 is 16.6 Å². The second-order valence-corrected chi connectivity index (χ2v) is 6.21. The molecule has 0 radical (unpaired) electrons. The standard InChI is InChI=1S/C11H16O2S/c1-2-3-11(12)8-6-9-4-5-10(7-8)14(9)13/h2-3,8-10H,4-7H2,1H3/b3-2-. The molecule has 0 aromatic rings. The van der Waals surface area contributed by atoms with Gasteiger partial charge in [0.05, 0.1) is 0 Å². The van der Waals surface area contributed by atoms with Crippen LogP contribution in [-0.2, 0) is 15.6 Å². The molecule has 2 heterocycles. The summed E-state index contributed by atoms with van der Waals surface area (Å²) in [7, 11) is -0.636. The Morgan fingerprint density at radius 1 is 1.29 bits per heavy atom. The molecular formula is C11H16O2S. The highest BCUT2D eigenvalue weighted by molar-refractivity contribution is 7.86. The number of carbonyl (C=O) groups is 1. The molecule has 3 heteroatoms. The van der Waals surface area contributed by atoms with Crippen molar-refractivity contribution in [3.05, 3.63) is 12.2 Å². The molecule has 2 unspecified atom stereocenters. The highest BCUT2D eigenvalue weighted by Crippen LogP contribution is 2.38. The number of carbonyl (C=O) groups excluding carboxylic acids is 1. The highest BCUT2D eigenvalue weighted by atomic mass is 32.2. The van der Waals surface area contributed by atoms with Gasteiger partial charge >= 0.3 is 0 Å². The Morgan fingerprint density at radius 2 is 1.86 bits per heavy atom. The van der Waals surface area contributed by atoms with Gasteiger partial charge in [-0.2, -0.15) is 0 Å². The summed E-state index contributed by atoms with van der Waals surface area (Å²) in [4.78, 5) is 11.6. The van der Waals surface area contributed by atoms with Crippen molar-refractivity contribution in [2.45, 2.75) is 43.1 Å². The van der Waals surface area contributed by atoms with Gasteiger partial charge in [0, 0.05) is 27.2 Å². The van der Waals surface area contributed by atoms with Gasteiger partial charge in [-0.05, 0) is 38.7 Å². The fourth-order valence-corrected chi connectivity index (χ4v) is 4.69. The van der Waals surface area contributed by atoms with Gasteiger partial charge in [0.1, 0.15) is 0 Å². The molecule has 2 fully saturated rings. The minimum Gasteiger partial charge on any atom is -0.295 e.